The molecule has 0 aliphatic carbocycles. The molecule has 0 saturated carbocycles. The van der Waals surface area contributed by atoms with Crippen LogP contribution in [0.15, 0.2) is 48.5 Å². The minimum atomic E-state index is -3.41. The molecule has 2 rings (SSSR count). The molecule has 2 aromatic carbocycles. The van der Waals surface area contributed by atoms with Crippen LogP contribution in [0.3, 0.4) is 0 Å². The van der Waals surface area contributed by atoms with Gasteiger partial charge in [-0.3, -0.25) is 9.52 Å². The Balaban J connectivity index is 2.20. The third-order valence-corrected chi connectivity index (χ3v) is 4.03. The van der Waals surface area contributed by atoms with E-state index >= 15 is 0 Å². The first kappa shape index (κ1) is 18.0. The van der Waals surface area contributed by atoms with Crippen molar-refractivity contribution < 1.29 is 18.3 Å². The molecule has 0 aliphatic heterocycles. The van der Waals surface area contributed by atoms with Crippen LogP contribution in [-0.4, -0.2) is 25.7 Å². The van der Waals surface area contributed by atoms with E-state index in [0.717, 1.165) is 6.26 Å². The largest absolute Gasteiger partial charge is 0.392 e. The molecule has 0 aliphatic rings. The van der Waals surface area contributed by atoms with Gasteiger partial charge in [-0.15, -0.1) is 0 Å². The highest BCUT2D eigenvalue weighted by Gasteiger charge is 2.16. The van der Waals surface area contributed by atoms with Gasteiger partial charge in [-0.25, -0.2) is 8.42 Å². The number of sulfonamides is 1. The molecule has 0 spiro atoms. The normalized spacial score (nSPS) is 12.5. The average molecular weight is 348 g/mol. The third-order valence-electron chi connectivity index (χ3n) is 3.44. The van der Waals surface area contributed by atoms with Gasteiger partial charge in [-0.05, 0) is 36.2 Å². The molecule has 0 bridgehead atoms. The highest BCUT2D eigenvalue weighted by Crippen LogP contribution is 2.23. The summed E-state index contributed by atoms with van der Waals surface area (Å²) in [6.45, 7) is 1.63. The Morgan fingerprint density at radius 2 is 1.88 bits per heavy atom. The number of carbonyl (C=O) groups excluding carboxylic acids is 1. The molecule has 1 atom stereocenters. The number of amides is 1. The summed E-state index contributed by atoms with van der Waals surface area (Å²) in [5.74, 6) is -0.299. The number of anilines is 1. The molecule has 3 N–H and O–H groups in total. The zero-order chi connectivity index (χ0) is 17.7. The number of para-hydroxylation sites is 1. The zero-order valence-corrected chi connectivity index (χ0v) is 14.3. The molecule has 0 fully saturated rings. The van der Waals surface area contributed by atoms with Crippen LogP contribution in [0, 0.1) is 0 Å². The summed E-state index contributed by atoms with van der Waals surface area (Å²) in [6.07, 6.45) is 1.08. The van der Waals surface area contributed by atoms with Crippen LogP contribution in [0.2, 0.25) is 0 Å². The average Bonchev–Trinajstić information content (AvgIpc) is 2.53. The van der Waals surface area contributed by atoms with Crippen molar-refractivity contribution in [1.82, 2.24) is 5.32 Å². The van der Waals surface area contributed by atoms with Crippen molar-refractivity contribution in [3.05, 3.63) is 65.2 Å². The minimum absolute atomic E-state index is 0.141. The Morgan fingerprint density at radius 3 is 2.54 bits per heavy atom. The summed E-state index contributed by atoms with van der Waals surface area (Å²) >= 11 is 0. The van der Waals surface area contributed by atoms with E-state index in [2.05, 4.69) is 10.0 Å². The smallest absolute Gasteiger partial charge is 0.251 e. The topological polar surface area (TPSA) is 95.5 Å². The Kier molecular flexibility index (Phi) is 5.58. The standard InChI is InChI=1S/C17H20N2O4S/c1-12(15-8-3-4-9-16(15)19-24(2,22)23)18-17(21)14-7-5-6-13(10-14)11-20/h3-10,12,19-20H,11H2,1-2H3,(H,18,21). The molecule has 1 amide bonds. The lowest BCUT2D eigenvalue weighted by Gasteiger charge is -2.18. The molecule has 7 heteroatoms. The lowest BCUT2D eigenvalue weighted by molar-refractivity contribution is 0.0940. The van der Waals surface area contributed by atoms with E-state index in [1.807, 2.05) is 0 Å². The number of hydrogen-bond acceptors (Lipinski definition) is 4. The number of benzene rings is 2. The second kappa shape index (κ2) is 7.46. The van der Waals surface area contributed by atoms with Crippen molar-refractivity contribution in [2.45, 2.75) is 19.6 Å². The first-order valence-electron chi connectivity index (χ1n) is 7.37. The maximum Gasteiger partial charge on any atom is 0.251 e. The number of nitrogens with one attached hydrogen (secondary N) is 2. The molecule has 6 nitrogen and oxygen atoms in total. The second-order valence-electron chi connectivity index (χ2n) is 5.52. The highest BCUT2D eigenvalue weighted by molar-refractivity contribution is 7.92. The van der Waals surface area contributed by atoms with Gasteiger partial charge in [0.2, 0.25) is 10.0 Å². The van der Waals surface area contributed by atoms with Crippen molar-refractivity contribution in [3.63, 3.8) is 0 Å². The summed E-state index contributed by atoms with van der Waals surface area (Å²) < 4.78 is 25.4. The molecule has 2 aromatic rings. The highest BCUT2D eigenvalue weighted by atomic mass is 32.2. The molecule has 0 heterocycles. The predicted molar refractivity (Wildman–Crippen MR) is 93.2 cm³/mol. The first-order valence-corrected chi connectivity index (χ1v) is 9.26. The van der Waals surface area contributed by atoms with Crippen LogP contribution >= 0.6 is 0 Å². The Hall–Kier alpha value is -2.38. The fourth-order valence-corrected chi connectivity index (χ4v) is 2.92. The molecule has 0 aromatic heterocycles. The quantitative estimate of drug-likeness (QED) is 0.744. The molecule has 1 unspecified atom stereocenters. The van der Waals surface area contributed by atoms with Gasteiger partial charge in [-0.2, -0.15) is 0 Å². The van der Waals surface area contributed by atoms with Crippen LogP contribution in [-0.2, 0) is 16.6 Å². The Morgan fingerprint density at radius 1 is 1.17 bits per heavy atom. The molecular formula is C17H20N2O4S. The zero-order valence-electron chi connectivity index (χ0n) is 13.5. The summed E-state index contributed by atoms with van der Waals surface area (Å²) in [6, 6.07) is 13.2. The van der Waals surface area contributed by atoms with Gasteiger partial charge in [-0.1, -0.05) is 30.3 Å². The molecule has 128 valence electrons. The molecule has 0 saturated heterocycles. The number of hydrogen-bond donors (Lipinski definition) is 3. The van der Waals surface area contributed by atoms with Gasteiger partial charge in [0.1, 0.15) is 0 Å². The van der Waals surface area contributed by atoms with Gasteiger partial charge in [0, 0.05) is 5.56 Å². The second-order valence-corrected chi connectivity index (χ2v) is 7.26. The van der Waals surface area contributed by atoms with E-state index in [1.165, 1.54) is 0 Å². The summed E-state index contributed by atoms with van der Waals surface area (Å²) in [5.41, 5.74) is 2.17. The van der Waals surface area contributed by atoms with Crippen molar-refractivity contribution in [2.75, 3.05) is 11.0 Å². The first-order chi connectivity index (χ1) is 11.3. The Bertz CT molecular complexity index is 834. The van der Waals surface area contributed by atoms with Gasteiger partial charge in [0.15, 0.2) is 0 Å². The van der Waals surface area contributed by atoms with Crippen LogP contribution in [0.1, 0.15) is 34.5 Å². The summed E-state index contributed by atoms with van der Waals surface area (Å²) in [7, 11) is -3.41. The number of aliphatic hydroxyl groups excluding tert-OH is 1. The van der Waals surface area contributed by atoms with Crippen LogP contribution in [0.5, 0.6) is 0 Å². The molecule has 0 radical (unpaired) electrons. The fraction of sp³-hybridized carbons (Fsp3) is 0.235. The lowest BCUT2D eigenvalue weighted by Crippen LogP contribution is -2.27. The molecular weight excluding hydrogens is 328 g/mol. The van der Waals surface area contributed by atoms with E-state index in [0.29, 0.717) is 22.4 Å². The fourth-order valence-electron chi connectivity index (χ4n) is 2.34. The van der Waals surface area contributed by atoms with Gasteiger partial charge in [0.25, 0.3) is 5.91 Å². The van der Waals surface area contributed by atoms with E-state index in [1.54, 1.807) is 55.5 Å². The van der Waals surface area contributed by atoms with Gasteiger partial charge in [0.05, 0.1) is 24.6 Å². The summed E-state index contributed by atoms with van der Waals surface area (Å²) in [5, 5.41) is 12.0. The third kappa shape index (κ3) is 4.81. The predicted octanol–water partition coefficient (Wildman–Crippen LogP) is 2.04. The van der Waals surface area contributed by atoms with Crippen LogP contribution in [0.25, 0.3) is 0 Å². The van der Waals surface area contributed by atoms with E-state index < -0.39 is 16.1 Å². The minimum Gasteiger partial charge on any atom is -0.392 e. The number of rotatable bonds is 6. The summed E-state index contributed by atoms with van der Waals surface area (Å²) in [4.78, 5) is 12.4. The van der Waals surface area contributed by atoms with Crippen molar-refractivity contribution in [2.24, 2.45) is 0 Å². The van der Waals surface area contributed by atoms with Crippen molar-refractivity contribution in [3.8, 4) is 0 Å². The van der Waals surface area contributed by atoms with Crippen LogP contribution < -0.4 is 10.0 Å². The van der Waals surface area contributed by atoms with Crippen molar-refractivity contribution >= 4 is 21.6 Å². The SMILES string of the molecule is CC(NC(=O)c1cccc(CO)c1)c1ccccc1NS(C)(=O)=O. The maximum atomic E-state index is 12.4. The van der Waals surface area contributed by atoms with Crippen LogP contribution in [0.4, 0.5) is 5.69 Å². The molecule has 24 heavy (non-hydrogen) atoms. The van der Waals surface area contributed by atoms with Gasteiger partial charge < -0.3 is 10.4 Å². The van der Waals surface area contributed by atoms with E-state index in [9.17, 15) is 13.2 Å². The van der Waals surface area contributed by atoms with Crippen molar-refractivity contribution in [1.29, 1.82) is 0 Å². The monoisotopic (exact) mass is 348 g/mol. The maximum absolute atomic E-state index is 12.4. The lowest BCUT2D eigenvalue weighted by atomic mass is 10.1. The van der Waals surface area contributed by atoms with E-state index in [4.69, 9.17) is 5.11 Å². The van der Waals surface area contributed by atoms with Gasteiger partial charge >= 0.3 is 0 Å². The number of aliphatic hydroxyl groups is 1. The number of carbonyl (C=O) groups is 1. The Labute approximate surface area is 141 Å². The van der Waals surface area contributed by atoms with E-state index in [-0.39, 0.29) is 12.5 Å².